The van der Waals surface area contributed by atoms with Crippen LogP contribution in [-0.2, 0) is 194 Å². The Labute approximate surface area is 809 Å². The third-order valence-electron chi connectivity index (χ3n) is 17.3. The van der Waals surface area contributed by atoms with Crippen molar-refractivity contribution >= 4 is 23.6 Å². The molecule has 810 valence electrons. The Balaban J connectivity index is 4.83. The molecule has 0 aromatic heterocycles. The van der Waals surface area contributed by atoms with Gasteiger partial charge < -0.3 is 202 Å². The summed E-state index contributed by atoms with van der Waals surface area (Å²) < 4.78 is 205. The van der Waals surface area contributed by atoms with E-state index in [4.69, 9.17) is 175 Å². The third kappa shape index (κ3) is 112. The fraction of sp³-hybridized carbons (Fsp3) is 0.956. The lowest BCUT2D eigenvalue weighted by molar-refractivity contribution is -0.131. The molecule has 0 radical (unpaired) electrons. The van der Waals surface area contributed by atoms with E-state index in [1.807, 2.05) is 13.8 Å². The van der Waals surface area contributed by atoms with Gasteiger partial charge in [-0.05, 0) is 0 Å². The van der Waals surface area contributed by atoms with Crippen LogP contribution in [0.5, 0.6) is 0 Å². The first-order valence-electron chi connectivity index (χ1n) is 48.1. The second-order valence-corrected chi connectivity index (χ2v) is 29.1. The summed E-state index contributed by atoms with van der Waals surface area (Å²) in [7, 11) is 4.90. The summed E-state index contributed by atoms with van der Waals surface area (Å²) in [5, 5.41) is 14.8. The molecule has 0 saturated heterocycles. The highest BCUT2D eigenvalue weighted by atomic mass is 16.6. The molecule has 0 aliphatic rings. The van der Waals surface area contributed by atoms with Crippen LogP contribution in [0, 0.1) is 0 Å². The first-order valence-corrected chi connectivity index (χ1v) is 48.1. The van der Waals surface area contributed by atoms with E-state index in [0.717, 1.165) is 0 Å². The topological polar surface area (TPSA) is 470 Å². The largest absolute Gasteiger partial charge is 0.382 e. The minimum Gasteiger partial charge on any atom is -0.382 e. The highest BCUT2D eigenvalue weighted by Crippen LogP contribution is 2.12. The quantitative estimate of drug-likeness (QED) is 0.0468. The second kappa shape index (κ2) is 117. The molecule has 0 aromatic rings. The minimum absolute atomic E-state index is 0.00712. The van der Waals surface area contributed by atoms with E-state index >= 15 is 0 Å². The van der Waals surface area contributed by atoms with Crippen LogP contribution in [0.15, 0.2) is 0 Å². The molecule has 0 bridgehead atoms. The molecule has 0 aliphatic heterocycles. The lowest BCUT2D eigenvalue weighted by atomic mass is 10.0. The number of nitrogens with one attached hydrogen (secondary N) is 5. The van der Waals surface area contributed by atoms with E-state index < -0.39 is 5.54 Å². The molecule has 0 atom stereocenters. The molecule has 5 N–H and O–H groups in total. The van der Waals surface area contributed by atoms with Gasteiger partial charge in [0.15, 0.2) is 0 Å². The number of amides is 4. The van der Waals surface area contributed by atoms with Crippen molar-refractivity contribution in [1.82, 2.24) is 26.6 Å². The normalized spacial score (nSPS) is 11.8. The van der Waals surface area contributed by atoms with E-state index in [1.165, 1.54) is 0 Å². The molecule has 0 spiro atoms. The zero-order chi connectivity index (χ0) is 97.9. The molecular weight excluding hydrogens is 1810 g/mol. The second-order valence-electron chi connectivity index (χ2n) is 29.1. The van der Waals surface area contributed by atoms with E-state index in [-0.39, 0.29) is 141 Å². The predicted molar refractivity (Wildman–Crippen MR) is 495 cm³/mol. The lowest BCUT2D eigenvalue weighted by Gasteiger charge is -2.34. The maximum absolute atomic E-state index is 13.7. The van der Waals surface area contributed by atoms with Crippen molar-refractivity contribution < 1.29 is 194 Å². The van der Waals surface area contributed by atoms with Gasteiger partial charge in [0.25, 0.3) is 0 Å². The van der Waals surface area contributed by atoms with Crippen molar-refractivity contribution in [3.63, 3.8) is 0 Å². The fourth-order valence-electron chi connectivity index (χ4n) is 10.3. The lowest BCUT2D eigenvalue weighted by Crippen LogP contribution is -2.59. The number of rotatable bonds is 122. The number of ether oxygens (including phenoxy) is 37. The monoisotopic (exact) mass is 1990 g/mol. The number of methoxy groups -OCH3 is 3. The van der Waals surface area contributed by atoms with Crippen molar-refractivity contribution in [2.24, 2.45) is 0 Å². The van der Waals surface area contributed by atoms with Crippen LogP contribution in [0.4, 0.5) is 0 Å². The fourth-order valence-corrected chi connectivity index (χ4v) is 10.3. The summed E-state index contributed by atoms with van der Waals surface area (Å²) in [5.41, 5.74) is -1.34. The molecular formula is C90H179N5O41. The molecule has 0 aliphatic carbocycles. The molecule has 0 unspecified atom stereocenters. The molecule has 0 rings (SSSR count). The number of hydrogen-bond donors (Lipinski definition) is 5. The van der Waals surface area contributed by atoms with Gasteiger partial charge in [-0.2, -0.15) is 0 Å². The molecule has 46 heteroatoms. The molecule has 136 heavy (non-hydrogen) atoms. The van der Waals surface area contributed by atoms with Crippen molar-refractivity contribution in [3.05, 3.63) is 0 Å². The van der Waals surface area contributed by atoms with Crippen molar-refractivity contribution in [1.29, 1.82) is 0 Å². The Morgan fingerprint density at radius 3 is 0.463 bits per heavy atom. The third-order valence-corrected chi connectivity index (χ3v) is 17.3. The van der Waals surface area contributed by atoms with Gasteiger partial charge in [-0.15, -0.1) is 0 Å². The van der Waals surface area contributed by atoms with Crippen LogP contribution < -0.4 is 26.6 Å². The van der Waals surface area contributed by atoms with Crippen LogP contribution in [0.3, 0.4) is 0 Å². The molecule has 46 nitrogen and oxygen atoms in total. The van der Waals surface area contributed by atoms with Crippen LogP contribution in [0.2, 0.25) is 0 Å². The SMILES string of the molecule is COCCOCCOCCOCCOCCOCCOCCOCCOCCOCCOCCNC(=O)CCOCC(COCCC(=O)NCCOCCOCCOCCOCCOCCOCCOCCOCCOCCOCCOC)(COCCC(=O)NCCOCCOCCOCCOCCOCCOCCOCCOCCOCCOCCOC)NC(=O)CCOCCNC(C)C. The first-order chi connectivity index (χ1) is 67.2. The summed E-state index contributed by atoms with van der Waals surface area (Å²) in [6.45, 7) is 33.1. The maximum Gasteiger partial charge on any atom is 0.222 e. The zero-order valence-corrected chi connectivity index (χ0v) is 83.2. The summed E-state index contributed by atoms with van der Waals surface area (Å²) >= 11 is 0. The Morgan fingerprint density at radius 2 is 0.301 bits per heavy atom. The van der Waals surface area contributed by atoms with Crippen LogP contribution in [0.25, 0.3) is 0 Å². The molecule has 0 aromatic carbocycles. The van der Waals surface area contributed by atoms with Crippen LogP contribution >= 0.6 is 0 Å². The van der Waals surface area contributed by atoms with Gasteiger partial charge >= 0.3 is 0 Å². The number of hydrogen-bond acceptors (Lipinski definition) is 42. The first kappa shape index (κ1) is 132. The van der Waals surface area contributed by atoms with Gasteiger partial charge in [0.2, 0.25) is 23.6 Å². The van der Waals surface area contributed by atoms with Gasteiger partial charge in [-0.25, -0.2) is 0 Å². The van der Waals surface area contributed by atoms with Gasteiger partial charge in [0.05, 0.1) is 469 Å². The average molecular weight is 1990 g/mol. The van der Waals surface area contributed by atoms with E-state index in [2.05, 4.69) is 26.6 Å². The summed E-state index contributed by atoms with van der Waals surface area (Å²) in [5.74, 6) is -1.26. The van der Waals surface area contributed by atoms with Crippen molar-refractivity contribution in [2.75, 3.05) is 517 Å². The van der Waals surface area contributed by atoms with E-state index in [9.17, 15) is 19.2 Å². The molecule has 0 fully saturated rings. The number of carbonyl (C=O) groups excluding carboxylic acids is 4. The maximum atomic E-state index is 13.7. The smallest absolute Gasteiger partial charge is 0.222 e. The average Bonchev–Trinajstić information content (AvgIpc) is 0.853. The molecule has 0 saturated carbocycles. The van der Waals surface area contributed by atoms with Crippen LogP contribution in [0.1, 0.15) is 39.5 Å². The van der Waals surface area contributed by atoms with E-state index in [0.29, 0.717) is 410 Å². The summed E-state index contributed by atoms with van der Waals surface area (Å²) in [6.07, 6.45) is -0.0624. The summed E-state index contributed by atoms with van der Waals surface area (Å²) in [4.78, 5) is 52.7. The summed E-state index contributed by atoms with van der Waals surface area (Å²) in [6, 6.07) is 0.261. The predicted octanol–water partition coefficient (Wildman–Crippen LogP) is -0.748. The van der Waals surface area contributed by atoms with Crippen LogP contribution in [-0.4, -0.2) is 552 Å². The van der Waals surface area contributed by atoms with Gasteiger partial charge in [0, 0.05) is 79.2 Å². The van der Waals surface area contributed by atoms with Crippen molar-refractivity contribution in [2.45, 2.75) is 51.1 Å². The highest BCUT2D eigenvalue weighted by molar-refractivity contribution is 5.77. The number of carbonyl (C=O) groups is 4. The Morgan fingerprint density at radius 1 is 0.169 bits per heavy atom. The van der Waals surface area contributed by atoms with Gasteiger partial charge in [-0.3, -0.25) is 19.2 Å². The van der Waals surface area contributed by atoms with Gasteiger partial charge in [0.1, 0.15) is 5.54 Å². The Hall–Kier alpha value is -3.64. The van der Waals surface area contributed by atoms with Crippen molar-refractivity contribution in [3.8, 4) is 0 Å². The molecule has 0 heterocycles. The minimum atomic E-state index is -1.34. The molecule has 4 amide bonds. The van der Waals surface area contributed by atoms with E-state index in [1.54, 1.807) is 21.3 Å². The highest BCUT2D eigenvalue weighted by Gasteiger charge is 2.34. The Bertz CT molecular complexity index is 2150. The standard InChI is InChI=1S/C90H179N5O41/c1-85(2)91-10-18-103-14-9-89(99)95-90(82-134-15-6-86(96)92-11-19-104-28-31-110-40-43-116-52-55-122-64-67-128-76-79-131-73-70-125-61-58-119-49-46-113-37-34-107-25-22-100-3,83-135-16-7-87(97)93-12-20-105-29-32-111-41-44-117-53-56-123-65-68-129-77-80-132-74-71-126-62-59-120-50-47-114-38-35-108-26-23-101-4)84-136-17-8-88(98)94-13-21-106-30-33-112-42-45-118-54-57-124-66-69-130-78-81-133-75-72-127-63-60-121-51-48-115-39-36-109-27-24-102-5/h85,91H,6-84H2,1-5H3,(H,92,96)(H,93,97)(H,94,98)(H,95,99). The Kier molecular flexibility index (Phi) is 113. The van der Waals surface area contributed by atoms with Gasteiger partial charge in [-0.1, -0.05) is 13.8 Å². The zero-order valence-electron chi connectivity index (χ0n) is 83.2.